The van der Waals surface area contributed by atoms with Crippen LogP contribution in [-0.2, 0) is 4.74 Å². The summed E-state index contributed by atoms with van der Waals surface area (Å²) in [4.78, 5) is 13.0. The predicted molar refractivity (Wildman–Crippen MR) is 96.4 cm³/mol. The fourth-order valence-corrected chi connectivity index (χ4v) is 3.43. The van der Waals surface area contributed by atoms with E-state index in [2.05, 4.69) is 0 Å². The van der Waals surface area contributed by atoms with Crippen molar-refractivity contribution >= 4 is 5.78 Å². The maximum atomic E-state index is 13.0. The van der Waals surface area contributed by atoms with Gasteiger partial charge in [0.2, 0.25) is 0 Å². The highest BCUT2D eigenvalue weighted by Gasteiger charge is 2.42. The summed E-state index contributed by atoms with van der Waals surface area (Å²) >= 11 is 0. The Balaban J connectivity index is 1.88. The summed E-state index contributed by atoms with van der Waals surface area (Å²) in [7, 11) is 2.89. The third-order valence-corrected chi connectivity index (χ3v) is 4.85. The van der Waals surface area contributed by atoms with Gasteiger partial charge in [0.15, 0.2) is 17.3 Å². The summed E-state index contributed by atoms with van der Waals surface area (Å²) in [6, 6.07) is 9.09. The molecular formula is C20H22O7. The first-order valence-corrected chi connectivity index (χ1v) is 8.50. The number of phenols is 2. The molecule has 0 aliphatic carbocycles. The Bertz CT molecular complexity index is 833. The summed E-state index contributed by atoms with van der Waals surface area (Å²) in [6.07, 6.45) is -0.552. The van der Waals surface area contributed by atoms with Gasteiger partial charge in [0.1, 0.15) is 11.5 Å². The molecule has 3 atom stereocenters. The number of aromatic hydroxyl groups is 2. The van der Waals surface area contributed by atoms with Crippen molar-refractivity contribution in [1.82, 2.24) is 0 Å². The summed E-state index contributed by atoms with van der Waals surface area (Å²) in [5, 5.41) is 29.5. The maximum Gasteiger partial charge on any atom is 0.168 e. The first kappa shape index (κ1) is 19.0. The van der Waals surface area contributed by atoms with Gasteiger partial charge < -0.3 is 29.5 Å². The Morgan fingerprint density at radius 3 is 2.59 bits per heavy atom. The third-order valence-electron chi connectivity index (χ3n) is 4.85. The Morgan fingerprint density at radius 2 is 1.93 bits per heavy atom. The van der Waals surface area contributed by atoms with Gasteiger partial charge in [-0.05, 0) is 35.9 Å². The number of carbonyl (C=O) groups excluding carboxylic acids is 1. The summed E-state index contributed by atoms with van der Waals surface area (Å²) in [5.74, 6) is -0.630. The fourth-order valence-electron chi connectivity index (χ4n) is 3.43. The highest BCUT2D eigenvalue weighted by atomic mass is 16.5. The molecule has 7 heteroatoms. The Hall–Kier alpha value is -2.77. The van der Waals surface area contributed by atoms with Crippen LogP contribution in [0.25, 0.3) is 0 Å². The molecule has 0 radical (unpaired) electrons. The number of ether oxygens (including phenoxy) is 3. The quantitative estimate of drug-likeness (QED) is 0.666. The van der Waals surface area contributed by atoms with E-state index in [4.69, 9.17) is 14.2 Å². The minimum absolute atomic E-state index is 0.0164. The van der Waals surface area contributed by atoms with Crippen molar-refractivity contribution in [2.24, 2.45) is 11.8 Å². The molecule has 0 unspecified atom stereocenters. The molecule has 1 saturated heterocycles. The first-order chi connectivity index (χ1) is 13.0. The highest BCUT2D eigenvalue weighted by molar-refractivity contribution is 5.99. The Labute approximate surface area is 156 Å². The van der Waals surface area contributed by atoms with Gasteiger partial charge in [0.05, 0.1) is 32.8 Å². The summed E-state index contributed by atoms with van der Waals surface area (Å²) in [5.41, 5.74) is 0.996. The molecule has 2 aromatic rings. The molecule has 0 spiro atoms. The van der Waals surface area contributed by atoms with Crippen LogP contribution in [-0.4, -0.2) is 48.5 Å². The molecule has 1 fully saturated rings. The number of aliphatic hydroxyl groups is 1. The average Bonchev–Trinajstić information content (AvgIpc) is 3.11. The lowest BCUT2D eigenvalue weighted by Crippen LogP contribution is -2.26. The molecule has 27 heavy (non-hydrogen) atoms. The van der Waals surface area contributed by atoms with Crippen molar-refractivity contribution in [2.45, 2.75) is 6.10 Å². The molecule has 3 N–H and O–H groups in total. The van der Waals surface area contributed by atoms with Crippen molar-refractivity contribution < 1.29 is 34.3 Å². The van der Waals surface area contributed by atoms with Crippen molar-refractivity contribution in [3.8, 4) is 23.0 Å². The van der Waals surface area contributed by atoms with E-state index in [0.717, 1.165) is 0 Å². The standard InChI is InChI=1S/C20H22O7/c1-25-14-6-12(5-13(22)8-14)20-15(9-21)16(10-27-20)19(24)11-3-4-17(23)18(7-11)26-2/h3-8,15-16,20-23H,9-10H2,1-2H3/t15-,16-,20+/m0/s1. The lowest BCUT2D eigenvalue weighted by molar-refractivity contribution is 0.0711. The largest absolute Gasteiger partial charge is 0.508 e. The van der Waals surface area contributed by atoms with Gasteiger partial charge in [-0.15, -0.1) is 0 Å². The van der Waals surface area contributed by atoms with Crippen molar-refractivity contribution in [3.63, 3.8) is 0 Å². The third kappa shape index (κ3) is 3.70. The van der Waals surface area contributed by atoms with Crippen molar-refractivity contribution in [3.05, 3.63) is 47.5 Å². The number of hydrogen-bond donors (Lipinski definition) is 3. The van der Waals surface area contributed by atoms with Crippen LogP contribution in [0.2, 0.25) is 0 Å². The van der Waals surface area contributed by atoms with Gasteiger partial charge >= 0.3 is 0 Å². The zero-order chi connectivity index (χ0) is 19.6. The van der Waals surface area contributed by atoms with Gasteiger partial charge in [-0.25, -0.2) is 0 Å². The molecule has 1 heterocycles. The van der Waals surface area contributed by atoms with E-state index in [1.807, 2.05) is 0 Å². The molecule has 3 rings (SSSR count). The molecule has 0 saturated carbocycles. The normalized spacial score (nSPS) is 21.8. The fraction of sp³-hybridized carbons (Fsp3) is 0.350. The molecule has 7 nitrogen and oxygen atoms in total. The van der Waals surface area contributed by atoms with Crippen LogP contribution in [0.4, 0.5) is 0 Å². The molecule has 0 amide bonds. The number of ketones is 1. The van der Waals surface area contributed by atoms with Crippen LogP contribution in [0.5, 0.6) is 23.0 Å². The van der Waals surface area contributed by atoms with Crippen LogP contribution in [0.15, 0.2) is 36.4 Å². The SMILES string of the molecule is COc1cc(O)cc([C@H]2OC[C@H](C(=O)c3ccc(O)c(OC)c3)[C@@H]2CO)c1. The Kier molecular flexibility index (Phi) is 5.53. The van der Waals surface area contributed by atoms with E-state index in [-0.39, 0.29) is 36.2 Å². The number of carbonyl (C=O) groups is 1. The minimum Gasteiger partial charge on any atom is -0.508 e. The summed E-state index contributed by atoms with van der Waals surface area (Å²) in [6.45, 7) is -0.121. The number of rotatable bonds is 6. The zero-order valence-corrected chi connectivity index (χ0v) is 15.1. The number of Topliss-reactive ketones (excluding diaryl/α,β-unsaturated/α-hetero) is 1. The molecule has 0 aromatic heterocycles. The molecule has 1 aliphatic heterocycles. The topological polar surface area (TPSA) is 105 Å². The van der Waals surface area contributed by atoms with Gasteiger partial charge in [0, 0.05) is 24.2 Å². The van der Waals surface area contributed by atoms with E-state index in [1.165, 1.54) is 44.6 Å². The van der Waals surface area contributed by atoms with E-state index in [1.54, 1.807) is 6.07 Å². The Morgan fingerprint density at radius 1 is 1.15 bits per heavy atom. The highest BCUT2D eigenvalue weighted by Crippen LogP contribution is 2.42. The molecular weight excluding hydrogens is 352 g/mol. The van der Waals surface area contributed by atoms with Crippen LogP contribution in [0.3, 0.4) is 0 Å². The monoisotopic (exact) mass is 374 g/mol. The molecule has 144 valence electrons. The van der Waals surface area contributed by atoms with Crippen LogP contribution >= 0.6 is 0 Å². The van der Waals surface area contributed by atoms with E-state index in [9.17, 15) is 20.1 Å². The summed E-state index contributed by atoms with van der Waals surface area (Å²) < 4.78 is 16.0. The predicted octanol–water partition coefficient (Wildman–Crippen LogP) is 2.29. The van der Waals surface area contributed by atoms with Crippen LogP contribution < -0.4 is 9.47 Å². The number of benzene rings is 2. The number of aliphatic hydroxyl groups excluding tert-OH is 1. The number of methoxy groups -OCH3 is 2. The van der Waals surface area contributed by atoms with Crippen LogP contribution in [0.1, 0.15) is 22.0 Å². The van der Waals surface area contributed by atoms with Gasteiger partial charge in [0.25, 0.3) is 0 Å². The van der Waals surface area contributed by atoms with Crippen molar-refractivity contribution in [1.29, 1.82) is 0 Å². The van der Waals surface area contributed by atoms with E-state index >= 15 is 0 Å². The minimum atomic E-state index is -0.567. The molecule has 0 bridgehead atoms. The van der Waals surface area contributed by atoms with Crippen molar-refractivity contribution in [2.75, 3.05) is 27.4 Å². The number of hydrogen-bond acceptors (Lipinski definition) is 7. The maximum absolute atomic E-state index is 13.0. The number of phenolic OH excluding ortho intramolecular Hbond substituents is 2. The smallest absolute Gasteiger partial charge is 0.168 e. The van der Waals surface area contributed by atoms with Gasteiger partial charge in [-0.3, -0.25) is 4.79 Å². The lowest BCUT2D eigenvalue weighted by Gasteiger charge is -2.21. The second-order valence-corrected chi connectivity index (χ2v) is 6.42. The van der Waals surface area contributed by atoms with Gasteiger partial charge in [-0.1, -0.05) is 0 Å². The first-order valence-electron chi connectivity index (χ1n) is 8.50. The van der Waals surface area contributed by atoms with Crippen LogP contribution in [0, 0.1) is 11.8 Å². The average molecular weight is 374 g/mol. The van der Waals surface area contributed by atoms with Gasteiger partial charge in [-0.2, -0.15) is 0 Å². The lowest BCUT2D eigenvalue weighted by atomic mass is 9.83. The second-order valence-electron chi connectivity index (χ2n) is 6.42. The second kappa shape index (κ2) is 7.85. The van der Waals surface area contributed by atoms with E-state index in [0.29, 0.717) is 16.9 Å². The molecule has 2 aromatic carbocycles. The zero-order valence-electron chi connectivity index (χ0n) is 15.1. The van der Waals surface area contributed by atoms with E-state index < -0.39 is 17.9 Å². The molecule has 1 aliphatic rings.